The first-order chi connectivity index (χ1) is 8.04. The van der Waals surface area contributed by atoms with Gasteiger partial charge in [-0.3, -0.25) is 9.59 Å². The zero-order valence-electron chi connectivity index (χ0n) is 12.3. The summed E-state index contributed by atoms with van der Waals surface area (Å²) in [5.41, 5.74) is 11.0. The largest absolute Gasteiger partial charge is 0.369 e. The van der Waals surface area contributed by atoms with E-state index in [9.17, 15) is 9.59 Å². The molecule has 0 aromatic carbocycles. The van der Waals surface area contributed by atoms with Crippen molar-refractivity contribution in [2.24, 2.45) is 34.6 Å². The van der Waals surface area contributed by atoms with E-state index in [2.05, 4.69) is 20.8 Å². The van der Waals surface area contributed by atoms with Gasteiger partial charge in [0, 0.05) is 11.8 Å². The van der Waals surface area contributed by atoms with E-state index in [0.717, 1.165) is 6.42 Å². The Morgan fingerprint density at radius 2 is 1.44 bits per heavy atom. The third kappa shape index (κ3) is 6.62. The summed E-state index contributed by atoms with van der Waals surface area (Å²) in [4.78, 5) is 23.1. The van der Waals surface area contributed by atoms with Crippen LogP contribution in [0.15, 0.2) is 0 Å². The summed E-state index contributed by atoms with van der Waals surface area (Å²) in [5.74, 6) is -1.39. The van der Waals surface area contributed by atoms with Crippen molar-refractivity contribution < 1.29 is 9.59 Å². The maximum Gasteiger partial charge on any atom is 0.221 e. The highest BCUT2D eigenvalue weighted by molar-refractivity contribution is 5.85. The minimum Gasteiger partial charge on any atom is -0.369 e. The molecule has 0 radical (unpaired) electrons. The van der Waals surface area contributed by atoms with E-state index >= 15 is 0 Å². The van der Waals surface area contributed by atoms with Gasteiger partial charge in [0.25, 0.3) is 0 Å². The first-order valence-corrected chi connectivity index (χ1v) is 6.63. The maximum atomic E-state index is 11.6. The van der Waals surface area contributed by atoms with Gasteiger partial charge in [0.1, 0.15) is 0 Å². The molecule has 18 heavy (non-hydrogen) atoms. The summed E-state index contributed by atoms with van der Waals surface area (Å²) in [6.07, 6.45) is 2.09. The minimum absolute atomic E-state index is 0.119. The number of carbonyl (C=O) groups is 2. The number of hydrogen-bond donors (Lipinski definition) is 2. The molecule has 0 saturated heterocycles. The van der Waals surface area contributed by atoms with Crippen LogP contribution >= 0.6 is 0 Å². The lowest BCUT2D eigenvalue weighted by Gasteiger charge is -2.26. The predicted octanol–water partition coefficient (Wildman–Crippen LogP) is 2.06. The maximum absolute atomic E-state index is 11.6. The summed E-state index contributed by atoms with van der Waals surface area (Å²) in [6, 6.07) is 0. The van der Waals surface area contributed by atoms with Crippen molar-refractivity contribution in [1.29, 1.82) is 0 Å². The molecule has 0 saturated carbocycles. The number of amides is 2. The number of nitrogens with two attached hydrogens (primary N) is 2. The van der Waals surface area contributed by atoms with Crippen LogP contribution in [0, 0.1) is 23.2 Å². The number of carbonyl (C=O) groups excluding carboxylic acids is 2. The highest BCUT2D eigenvalue weighted by Crippen LogP contribution is 2.29. The van der Waals surface area contributed by atoms with Gasteiger partial charge in [-0.25, -0.2) is 0 Å². The minimum atomic E-state index is -0.441. The Labute approximate surface area is 110 Å². The van der Waals surface area contributed by atoms with E-state index in [4.69, 9.17) is 11.5 Å². The number of primary amides is 2. The summed E-state index contributed by atoms with van der Waals surface area (Å²) >= 11 is 0. The molecule has 0 bridgehead atoms. The lowest BCUT2D eigenvalue weighted by Crippen LogP contribution is -2.39. The smallest absolute Gasteiger partial charge is 0.221 e. The SMILES string of the molecule is CC(C)C[C@@H](C(N)=O)[C@H](CCC(C)(C)C)C(N)=O. The summed E-state index contributed by atoms with van der Waals surface area (Å²) < 4.78 is 0. The molecule has 106 valence electrons. The van der Waals surface area contributed by atoms with Crippen LogP contribution in [0.25, 0.3) is 0 Å². The fourth-order valence-electron chi connectivity index (χ4n) is 2.12. The average molecular weight is 256 g/mol. The van der Waals surface area contributed by atoms with E-state index < -0.39 is 23.7 Å². The third-order valence-corrected chi connectivity index (χ3v) is 3.15. The first-order valence-electron chi connectivity index (χ1n) is 6.63. The fraction of sp³-hybridized carbons (Fsp3) is 0.857. The van der Waals surface area contributed by atoms with E-state index in [1.807, 2.05) is 13.8 Å². The lowest BCUT2D eigenvalue weighted by molar-refractivity contribution is -0.132. The Bertz CT molecular complexity index is 293. The molecule has 0 aromatic rings. The van der Waals surface area contributed by atoms with Crippen molar-refractivity contribution in [3.05, 3.63) is 0 Å². The van der Waals surface area contributed by atoms with Gasteiger partial charge in [-0.15, -0.1) is 0 Å². The van der Waals surface area contributed by atoms with E-state index in [1.165, 1.54) is 0 Å². The number of rotatable bonds is 7. The second kappa shape index (κ2) is 6.76. The Balaban J connectivity index is 4.82. The Kier molecular flexibility index (Phi) is 6.36. The van der Waals surface area contributed by atoms with Gasteiger partial charge in [0.05, 0.1) is 0 Å². The fourth-order valence-corrected chi connectivity index (χ4v) is 2.12. The molecule has 4 N–H and O–H groups in total. The molecular weight excluding hydrogens is 228 g/mol. The molecule has 0 aliphatic rings. The molecule has 4 heteroatoms. The Hall–Kier alpha value is -1.06. The van der Waals surface area contributed by atoms with Gasteiger partial charge < -0.3 is 11.5 Å². The van der Waals surface area contributed by atoms with E-state index in [1.54, 1.807) is 0 Å². The van der Waals surface area contributed by atoms with Crippen LogP contribution in [-0.2, 0) is 9.59 Å². The molecule has 0 aliphatic carbocycles. The molecular formula is C14H28N2O2. The summed E-state index contributed by atoms with van der Waals surface area (Å²) in [6.45, 7) is 10.3. The monoisotopic (exact) mass is 256 g/mol. The summed E-state index contributed by atoms with van der Waals surface area (Å²) in [7, 11) is 0. The summed E-state index contributed by atoms with van der Waals surface area (Å²) in [5, 5.41) is 0. The number of hydrogen-bond acceptors (Lipinski definition) is 2. The van der Waals surface area contributed by atoms with Gasteiger partial charge in [0.2, 0.25) is 11.8 Å². The van der Waals surface area contributed by atoms with Crippen molar-refractivity contribution in [1.82, 2.24) is 0 Å². The molecule has 0 aromatic heterocycles. The van der Waals surface area contributed by atoms with Crippen LogP contribution in [0.3, 0.4) is 0 Å². The lowest BCUT2D eigenvalue weighted by atomic mass is 9.78. The highest BCUT2D eigenvalue weighted by atomic mass is 16.2. The van der Waals surface area contributed by atoms with Gasteiger partial charge in [-0.1, -0.05) is 34.6 Å². The molecule has 0 heterocycles. The Morgan fingerprint density at radius 3 is 1.72 bits per heavy atom. The highest BCUT2D eigenvalue weighted by Gasteiger charge is 2.32. The zero-order chi connectivity index (χ0) is 14.5. The van der Waals surface area contributed by atoms with Crippen LogP contribution in [0.4, 0.5) is 0 Å². The van der Waals surface area contributed by atoms with E-state index in [-0.39, 0.29) is 5.41 Å². The second-order valence-corrected chi connectivity index (χ2v) is 6.75. The standard InChI is InChI=1S/C14H28N2O2/c1-9(2)8-11(13(16)18)10(12(15)17)6-7-14(3,4)5/h9-11H,6-8H2,1-5H3,(H2,15,17)(H2,16,18)/t10-,11+/m0/s1. The van der Waals surface area contributed by atoms with Crippen LogP contribution in [-0.4, -0.2) is 11.8 Å². The topological polar surface area (TPSA) is 86.2 Å². The average Bonchev–Trinajstić information content (AvgIpc) is 2.12. The van der Waals surface area contributed by atoms with Crippen molar-refractivity contribution in [2.75, 3.05) is 0 Å². The molecule has 0 rings (SSSR count). The van der Waals surface area contributed by atoms with Crippen molar-refractivity contribution in [2.45, 2.75) is 53.9 Å². The van der Waals surface area contributed by atoms with Crippen LogP contribution in [0.1, 0.15) is 53.9 Å². The quantitative estimate of drug-likeness (QED) is 0.730. The van der Waals surface area contributed by atoms with Gasteiger partial charge >= 0.3 is 0 Å². The molecule has 2 atom stereocenters. The predicted molar refractivity (Wildman–Crippen MR) is 73.5 cm³/mol. The van der Waals surface area contributed by atoms with Crippen molar-refractivity contribution in [3.8, 4) is 0 Å². The van der Waals surface area contributed by atoms with E-state index in [0.29, 0.717) is 18.8 Å². The van der Waals surface area contributed by atoms with Crippen LogP contribution < -0.4 is 11.5 Å². The van der Waals surface area contributed by atoms with Gasteiger partial charge in [-0.05, 0) is 30.6 Å². The van der Waals surface area contributed by atoms with Gasteiger partial charge in [0.15, 0.2) is 0 Å². The second-order valence-electron chi connectivity index (χ2n) is 6.75. The molecule has 0 unspecified atom stereocenters. The molecule has 0 fully saturated rings. The van der Waals surface area contributed by atoms with Crippen molar-refractivity contribution in [3.63, 3.8) is 0 Å². The molecule has 4 nitrogen and oxygen atoms in total. The molecule has 2 amide bonds. The zero-order valence-corrected chi connectivity index (χ0v) is 12.3. The Morgan fingerprint density at radius 1 is 1.00 bits per heavy atom. The molecule has 0 aliphatic heterocycles. The van der Waals surface area contributed by atoms with Crippen LogP contribution in [0.5, 0.6) is 0 Å². The normalized spacial score (nSPS) is 15.4. The van der Waals surface area contributed by atoms with Gasteiger partial charge in [-0.2, -0.15) is 0 Å². The van der Waals surface area contributed by atoms with Crippen molar-refractivity contribution >= 4 is 11.8 Å². The third-order valence-electron chi connectivity index (χ3n) is 3.15. The molecule has 0 spiro atoms. The first kappa shape index (κ1) is 16.9. The van der Waals surface area contributed by atoms with Crippen LogP contribution in [0.2, 0.25) is 0 Å².